The second-order valence-electron chi connectivity index (χ2n) is 13.4. The van der Waals surface area contributed by atoms with Gasteiger partial charge in [-0.05, 0) is 78.8 Å². The standard InChI is InChI=1S/C37H43N5O4S/c1-4-15-40-22-27(28-10-5-6-11-30(28)40)19-29(39-36(46)37(2,3)38)32(43)20-26-18-25-9-7-12-31(41-16-8-13-33(41)44)34(25)42(35(26)45)21-24-14-17-47-23-24/h5-7,9-12,14,17,22-23,26,29H,4,8,13,15-16,18-21,38H2,1-3H3,(H,39,46)/t26?,29-/m1/s1. The molecule has 246 valence electrons. The highest BCUT2D eigenvalue weighted by Gasteiger charge is 2.39. The van der Waals surface area contributed by atoms with Crippen LogP contribution in [0.5, 0.6) is 0 Å². The van der Waals surface area contributed by atoms with Gasteiger partial charge in [-0.2, -0.15) is 11.3 Å². The molecule has 4 aromatic rings. The molecule has 2 aromatic heterocycles. The smallest absolute Gasteiger partial charge is 0.240 e. The summed E-state index contributed by atoms with van der Waals surface area (Å²) in [5.41, 5.74) is 10.4. The number of benzene rings is 2. The lowest BCUT2D eigenvalue weighted by molar-refractivity contribution is -0.132. The number of nitrogens with one attached hydrogen (secondary N) is 1. The van der Waals surface area contributed by atoms with Crippen molar-refractivity contribution in [3.05, 3.63) is 82.2 Å². The third-order valence-electron chi connectivity index (χ3n) is 9.22. The summed E-state index contributed by atoms with van der Waals surface area (Å²) in [5, 5.41) is 7.97. The van der Waals surface area contributed by atoms with Crippen molar-refractivity contribution in [3.8, 4) is 0 Å². The van der Waals surface area contributed by atoms with E-state index in [0.717, 1.165) is 58.4 Å². The number of hydrogen-bond donors (Lipinski definition) is 2. The number of amides is 3. The average Bonchev–Trinajstić information content (AvgIpc) is 3.79. The molecule has 0 spiro atoms. The molecule has 6 rings (SSSR count). The predicted molar refractivity (Wildman–Crippen MR) is 186 cm³/mol. The number of nitrogens with zero attached hydrogens (tertiary/aromatic N) is 3. The lowest BCUT2D eigenvalue weighted by Crippen LogP contribution is -2.55. The van der Waals surface area contributed by atoms with Crippen LogP contribution < -0.4 is 20.9 Å². The van der Waals surface area contributed by atoms with Crippen LogP contribution >= 0.6 is 11.3 Å². The van der Waals surface area contributed by atoms with Gasteiger partial charge in [0, 0.05) is 55.4 Å². The van der Waals surface area contributed by atoms with Gasteiger partial charge in [0.25, 0.3) is 0 Å². The molecule has 1 saturated heterocycles. The van der Waals surface area contributed by atoms with Gasteiger partial charge in [-0.1, -0.05) is 37.3 Å². The summed E-state index contributed by atoms with van der Waals surface area (Å²) in [6.45, 7) is 7.15. The van der Waals surface area contributed by atoms with E-state index in [4.69, 9.17) is 5.73 Å². The Labute approximate surface area is 279 Å². The number of nitrogens with two attached hydrogens (primary N) is 1. The number of thiophene rings is 1. The molecule has 3 amide bonds. The molecule has 2 aliphatic rings. The Balaban J connectivity index is 1.32. The zero-order valence-corrected chi connectivity index (χ0v) is 28.1. The fourth-order valence-corrected chi connectivity index (χ4v) is 7.51. The van der Waals surface area contributed by atoms with Crippen molar-refractivity contribution in [3.63, 3.8) is 0 Å². The number of Topliss-reactive ketones (excluding diaryl/α,β-unsaturated/α-hetero) is 1. The van der Waals surface area contributed by atoms with Crippen LogP contribution in [-0.2, 0) is 45.1 Å². The molecule has 10 heteroatoms. The number of anilines is 2. The first kappa shape index (κ1) is 32.7. The van der Waals surface area contributed by atoms with Crippen LogP contribution in [0, 0.1) is 5.92 Å². The van der Waals surface area contributed by atoms with Crippen LogP contribution in [0.15, 0.2) is 65.5 Å². The van der Waals surface area contributed by atoms with Crippen LogP contribution in [0.25, 0.3) is 10.9 Å². The van der Waals surface area contributed by atoms with Gasteiger partial charge in [0.15, 0.2) is 5.78 Å². The first-order valence-electron chi connectivity index (χ1n) is 16.5. The van der Waals surface area contributed by atoms with Gasteiger partial charge in [-0.3, -0.25) is 19.2 Å². The van der Waals surface area contributed by atoms with Crippen molar-refractivity contribution in [1.29, 1.82) is 0 Å². The number of para-hydroxylation sites is 2. The number of carbonyl (C=O) groups is 4. The molecule has 0 saturated carbocycles. The monoisotopic (exact) mass is 653 g/mol. The third kappa shape index (κ3) is 6.75. The van der Waals surface area contributed by atoms with E-state index in [1.165, 1.54) is 0 Å². The molecule has 2 aromatic carbocycles. The largest absolute Gasteiger partial charge is 0.347 e. The normalized spacial score (nSPS) is 17.3. The summed E-state index contributed by atoms with van der Waals surface area (Å²) < 4.78 is 2.19. The lowest BCUT2D eigenvalue weighted by atomic mass is 9.85. The Hall–Kier alpha value is -4.28. The highest BCUT2D eigenvalue weighted by molar-refractivity contribution is 7.07. The molecule has 3 N–H and O–H groups in total. The van der Waals surface area contributed by atoms with Crippen molar-refractivity contribution < 1.29 is 19.2 Å². The summed E-state index contributed by atoms with van der Waals surface area (Å²) in [4.78, 5) is 58.2. The molecule has 4 heterocycles. The zero-order chi connectivity index (χ0) is 33.3. The van der Waals surface area contributed by atoms with Crippen molar-refractivity contribution in [2.45, 2.75) is 84.0 Å². The van der Waals surface area contributed by atoms with Crippen molar-refractivity contribution >= 4 is 57.1 Å². The van der Waals surface area contributed by atoms with E-state index in [1.54, 1.807) is 35.0 Å². The summed E-state index contributed by atoms with van der Waals surface area (Å²) in [6, 6.07) is 15.0. The minimum absolute atomic E-state index is 0.0329. The molecule has 9 nitrogen and oxygen atoms in total. The van der Waals surface area contributed by atoms with Crippen LogP contribution in [0.3, 0.4) is 0 Å². The van der Waals surface area contributed by atoms with Gasteiger partial charge < -0.3 is 25.4 Å². The average molecular weight is 654 g/mol. The summed E-state index contributed by atoms with van der Waals surface area (Å²) >= 11 is 1.56. The SMILES string of the molecule is CCCn1cc(C[C@@H](NC(=O)C(C)(C)N)C(=O)CC2Cc3cccc(N4CCCC4=O)c3N(Cc3ccsc3)C2=O)c2ccccc21. The number of aromatic nitrogens is 1. The first-order chi connectivity index (χ1) is 22.5. The van der Waals surface area contributed by atoms with Gasteiger partial charge in [0.2, 0.25) is 17.7 Å². The number of rotatable bonds is 12. The number of fused-ring (bicyclic) bond motifs is 2. The number of aryl methyl sites for hydroxylation is 1. The fourth-order valence-electron chi connectivity index (χ4n) is 6.85. The highest BCUT2D eigenvalue weighted by Crippen LogP contribution is 2.42. The first-order valence-corrected chi connectivity index (χ1v) is 17.4. The Morgan fingerprint density at radius 2 is 1.91 bits per heavy atom. The lowest BCUT2D eigenvalue weighted by Gasteiger charge is -2.37. The molecule has 2 atom stereocenters. The molecular formula is C37H43N5O4S. The molecule has 47 heavy (non-hydrogen) atoms. The van der Waals surface area contributed by atoms with E-state index >= 15 is 0 Å². The van der Waals surface area contributed by atoms with Gasteiger partial charge in [0.05, 0.1) is 29.5 Å². The minimum atomic E-state index is -1.19. The van der Waals surface area contributed by atoms with Crippen LogP contribution in [-0.4, -0.2) is 46.2 Å². The molecule has 2 aliphatic heterocycles. The maximum absolute atomic E-state index is 14.4. The summed E-state index contributed by atoms with van der Waals surface area (Å²) in [5.74, 6) is -1.35. The third-order valence-corrected chi connectivity index (χ3v) is 9.95. The Morgan fingerprint density at radius 1 is 1.11 bits per heavy atom. The maximum Gasteiger partial charge on any atom is 0.240 e. The van der Waals surface area contributed by atoms with Crippen molar-refractivity contribution in [2.75, 3.05) is 16.3 Å². The quantitative estimate of drug-likeness (QED) is 0.213. The van der Waals surface area contributed by atoms with E-state index in [9.17, 15) is 19.2 Å². The Morgan fingerprint density at radius 3 is 2.62 bits per heavy atom. The number of hydrogen-bond acceptors (Lipinski definition) is 6. The van der Waals surface area contributed by atoms with Crippen LogP contribution in [0.1, 0.15) is 63.1 Å². The second-order valence-corrected chi connectivity index (χ2v) is 14.2. The van der Waals surface area contributed by atoms with Gasteiger partial charge in [-0.15, -0.1) is 0 Å². The molecular weight excluding hydrogens is 611 g/mol. The topological polar surface area (TPSA) is 118 Å². The maximum atomic E-state index is 14.4. The molecule has 1 fully saturated rings. The Bertz CT molecular complexity index is 1800. The van der Waals surface area contributed by atoms with Gasteiger partial charge in [0.1, 0.15) is 0 Å². The van der Waals surface area contributed by atoms with Crippen LogP contribution in [0.4, 0.5) is 11.4 Å². The molecule has 0 aliphatic carbocycles. The predicted octanol–water partition coefficient (Wildman–Crippen LogP) is 5.37. The Kier molecular flexibility index (Phi) is 9.34. The van der Waals surface area contributed by atoms with Gasteiger partial charge >= 0.3 is 0 Å². The van der Waals surface area contributed by atoms with Crippen molar-refractivity contribution in [1.82, 2.24) is 9.88 Å². The molecule has 0 radical (unpaired) electrons. The second kappa shape index (κ2) is 13.4. The van der Waals surface area contributed by atoms with Crippen LogP contribution in [0.2, 0.25) is 0 Å². The highest BCUT2D eigenvalue weighted by atomic mass is 32.1. The van der Waals surface area contributed by atoms with E-state index in [1.807, 2.05) is 53.2 Å². The van der Waals surface area contributed by atoms with Crippen molar-refractivity contribution in [2.24, 2.45) is 11.7 Å². The molecule has 1 unspecified atom stereocenters. The fraction of sp³-hybridized carbons (Fsp3) is 0.405. The van der Waals surface area contributed by atoms with E-state index < -0.39 is 23.4 Å². The number of ketones is 1. The number of carbonyl (C=O) groups excluding carboxylic acids is 4. The van der Waals surface area contributed by atoms with E-state index in [2.05, 4.69) is 29.1 Å². The summed E-state index contributed by atoms with van der Waals surface area (Å²) in [6.07, 6.45) is 4.92. The zero-order valence-electron chi connectivity index (χ0n) is 27.3. The summed E-state index contributed by atoms with van der Waals surface area (Å²) in [7, 11) is 0. The van der Waals surface area contributed by atoms with E-state index in [0.29, 0.717) is 25.9 Å². The molecule has 0 bridgehead atoms. The minimum Gasteiger partial charge on any atom is -0.347 e. The van der Waals surface area contributed by atoms with E-state index in [-0.39, 0.29) is 30.4 Å². The van der Waals surface area contributed by atoms with Gasteiger partial charge in [-0.25, -0.2) is 0 Å².